The van der Waals surface area contributed by atoms with Gasteiger partial charge < -0.3 is 8.98 Å². The molecule has 0 unspecified atom stereocenters. The van der Waals surface area contributed by atoms with Crippen LogP contribution in [0.3, 0.4) is 0 Å². The van der Waals surface area contributed by atoms with Crippen molar-refractivity contribution < 1.29 is 9.21 Å². The van der Waals surface area contributed by atoms with E-state index in [0.29, 0.717) is 6.54 Å². The van der Waals surface area contributed by atoms with Gasteiger partial charge in [-0.2, -0.15) is 5.10 Å². The predicted octanol–water partition coefficient (Wildman–Crippen LogP) is 5.28. The number of allylic oxidation sites excluding steroid dienone is 1. The zero-order chi connectivity index (χ0) is 22.3. The van der Waals surface area contributed by atoms with Crippen LogP contribution in [0.25, 0.3) is 17.1 Å². The minimum atomic E-state index is -0.189. The summed E-state index contributed by atoms with van der Waals surface area (Å²) in [5, 5.41) is 4.84. The smallest absolute Gasteiger partial charge is 0.250 e. The summed E-state index contributed by atoms with van der Waals surface area (Å²) in [7, 11) is 0. The number of aryl methyl sites for hydroxylation is 1. The molecule has 0 aliphatic heterocycles. The number of hydrogen-bond donors (Lipinski definition) is 1. The van der Waals surface area contributed by atoms with E-state index in [1.807, 2.05) is 43.3 Å². The summed E-state index contributed by atoms with van der Waals surface area (Å²) < 4.78 is 7.42. The highest BCUT2D eigenvalue weighted by Crippen LogP contribution is 2.25. The highest BCUT2D eigenvalue weighted by atomic mass is 32.2. The molecule has 0 saturated carbocycles. The van der Waals surface area contributed by atoms with Gasteiger partial charge in [0.15, 0.2) is 5.16 Å². The second-order valence-electron chi connectivity index (χ2n) is 7.44. The molecular weight excluding hydrogens is 420 g/mol. The first-order valence-electron chi connectivity index (χ1n) is 10.3. The quantitative estimate of drug-likeness (QED) is 0.228. The van der Waals surface area contributed by atoms with Gasteiger partial charge in [0, 0.05) is 0 Å². The third kappa shape index (κ3) is 5.56. The van der Waals surface area contributed by atoms with Crippen LogP contribution in [0.1, 0.15) is 23.8 Å². The predicted molar refractivity (Wildman–Crippen MR) is 130 cm³/mol. The largest absolute Gasteiger partial charge is 0.465 e. The average molecular weight is 445 g/mol. The Balaban J connectivity index is 1.41. The maximum Gasteiger partial charge on any atom is 0.250 e. The Bertz CT molecular complexity index is 1260. The first-order chi connectivity index (χ1) is 15.6. The van der Waals surface area contributed by atoms with Crippen molar-refractivity contribution in [3.05, 3.63) is 89.4 Å². The Morgan fingerprint density at radius 1 is 1.16 bits per heavy atom. The summed E-state index contributed by atoms with van der Waals surface area (Å²) in [6, 6.07) is 20.2. The highest BCUT2D eigenvalue weighted by Gasteiger charge is 2.13. The molecule has 6 nitrogen and oxygen atoms in total. The molecule has 0 aliphatic rings. The second-order valence-corrected chi connectivity index (χ2v) is 8.38. The van der Waals surface area contributed by atoms with E-state index in [1.54, 1.807) is 12.5 Å². The van der Waals surface area contributed by atoms with Crippen LogP contribution in [-0.2, 0) is 11.3 Å². The fourth-order valence-electron chi connectivity index (χ4n) is 3.20. The van der Waals surface area contributed by atoms with Crippen LogP contribution in [-0.4, -0.2) is 27.4 Å². The molecule has 4 aromatic rings. The molecule has 7 heteroatoms. The van der Waals surface area contributed by atoms with E-state index in [2.05, 4.69) is 52.3 Å². The van der Waals surface area contributed by atoms with Crippen molar-refractivity contribution in [3.8, 4) is 0 Å². The normalized spacial score (nSPS) is 12.0. The molecule has 2 aromatic carbocycles. The van der Waals surface area contributed by atoms with Crippen molar-refractivity contribution in [3.63, 3.8) is 0 Å². The van der Waals surface area contributed by atoms with Gasteiger partial charge in [-0.1, -0.05) is 53.7 Å². The molecule has 0 fully saturated rings. The number of carbonyl (C=O) groups excluding carboxylic acids is 1. The molecule has 0 aliphatic carbocycles. The Kier molecular flexibility index (Phi) is 6.87. The van der Waals surface area contributed by atoms with Crippen molar-refractivity contribution in [2.24, 2.45) is 5.10 Å². The molecule has 0 saturated heterocycles. The van der Waals surface area contributed by atoms with Crippen LogP contribution in [0, 0.1) is 6.92 Å². The summed E-state index contributed by atoms with van der Waals surface area (Å²) in [6.45, 7) is 4.66. The number of rotatable bonds is 8. The third-order valence-electron chi connectivity index (χ3n) is 4.78. The van der Waals surface area contributed by atoms with Gasteiger partial charge in [-0.25, -0.2) is 10.4 Å². The van der Waals surface area contributed by atoms with Gasteiger partial charge in [-0.3, -0.25) is 4.79 Å². The molecule has 0 radical (unpaired) electrons. The number of imidazole rings is 1. The number of carbonyl (C=O) groups is 1. The lowest BCUT2D eigenvalue weighted by Gasteiger charge is -2.09. The topological polar surface area (TPSA) is 72.4 Å². The van der Waals surface area contributed by atoms with E-state index in [-0.39, 0.29) is 11.7 Å². The van der Waals surface area contributed by atoms with Crippen LogP contribution in [0.15, 0.2) is 87.2 Å². The van der Waals surface area contributed by atoms with E-state index in [9.17, 15) is 4.79 Å². The zero-order valence-corrected chi connectivity index (χ0v) is 18.8. The van der Waals surface area contributed by atoms with Crippen molar-refractivity contribution in [2.45, 2.75) is 25.5 Å². The summed E-state index contributed by atoms with van der Waals surface area (Å²) in [5.41, 5.74) is 7.82. The fourth-order valence-corrected chi connectivity index (χ4v) is 4.00. The molecule has 4 rings (SSSR count). The van der Waals surface area contributed by atoms with Gasteiger partial charge in [-0.15, -0.1) is 0 Å². The Hall–Kier alpha value is -3.58. The molecule has 32 heavy (non-hydrogen) atoms. The molecule has 2 aromatic heterocycles. The van der Waals surface area contributed by atoms with Crippen molar-refractivity contribution in [2.75, 3.05) is 5.75 Å². The Morgan fingerprint density at radius 3 is 2.75 bits per heavy atom. The lowest BCUT2D eigenvalue weighted by molar-refractivity contribution is -0.118. The number of thioether (sulfide) groups is 1. The maximum atomic E-state index is 12.3. The molecule has 0 spiro atoms. The number of nitrogens with zero attached hydrogens (tertiary/aromatic N) is 3. The molecule has 162 valence electrons. The van der Waals surface area contributed by atoms with Gasteiger partial charge in [-0.05, 0) is 55.3 Å². The van der Waals surface area contributed by atoms with E-state index >= 15 is 0 Å². The van der Waals surface area contributed by atoms with Gasteiger partial charge in [0.25, 0.3) is 5.91 Å². The van der Waals surface area contributed by atoms with Crippen LogP contribution < -0.4 is 5.43 Å². The van der Waals surface area contributed by atoms with Gasteiger partial charge in [0.1, 0.15) is 5.76 Å². The summed E-state index contributed by atoms with van der Waals surface area (Å²) >= 11 is 1.40. The van der Waals surface area contributed by atoms with Crippen molar-refractivity contribution >= 4 is 41.0 Å². The molecule has 1 amide bonds. The number of benzene rings is 2. The van der Waals surface area contributed by atoms with Crippen LogP contribution in [0.2, 0.25) is 0 Å². The zero-order valence-electron chi connectivity index (χ0n) is 18.0. The number of amides is 1. The standard InChI is InChI=1S/C25H24N4O2S/c1-18-9-11-20(12-10-18)16-29-23-8-4-3-7-22(23)27-25(29)32-17-24(30)28-26-15-19(2)14-21-6-5-13-31-21/h3-15H,16-17H2,1-2H3,(H,28,30)/b19-14+,26-15-. The third-order valence-corrected chi connectivity index (χ3v) is 5.76. The fraction of sp³-hybridized carbons (Fsp3) is 0.160. The SMILES string of the molecule is CC(/C=N\NC(=O)CSc1nc2ccccc2n1Cc1ccc(C)cc1)=C\c1ccco1. The van der Waals surface area contributed by atoms with Crippen molar-refractivity contribution in [1.29, 1.82) is 0 Å². The van der Waals surface area contributed by atoms with E-state index in [1.165, 1.54) is 22.9 Å². The van der Waals surface area contributed by atoms with Gasteiger partial charge >= 0.3 is 0 Å². The van der Waals surface area contributed by atoms with Gasteiger partial charge in [0.05, 0.1) is 35.8 Å². The van der Waals surface area contributed by atoms with E-state index in [0.717, 1.165) is 27.5 Å². The number of furan rings is 1. The molecular formula is C25H24N4O2S. The first-order valence-corrected chi connectivity index (χ1v) is 11.2. The number of aromatic nitrogens is 2. The lowest BCUT2D eigenvalue weighted by Crippen LogP contribution is -2.20. The van der Waals surface area contributed by atoms with Crippen LogP contribution in [0.5, 0.6) is 0 Å². The summed E-state index contributed by atoms with van der Waals surface area (Å²) in [5.74, 6) is 0.768. The van der Waals surface area contributed by atoms with Crippen LogP contribution in [0.4, 0.5) is 0 Å². The minimum absolute atomic E-state index is 0.189. The summed E-state index contributed by atoms with van der Waals surface area (Å²) in [6.07, 6.45) is 5.05. The number of fused-ring (bicyclic) bond motifs is 1. The number of nitrogens with one attached hydrogen (secondary N) is 1. The molecule has 1 N–H and O–H groups in total. The highest BCUT2D eigenvalue weighted by molar-refractivity contribution is 7.99. The maximum absolute atomic E-state index is 12.3. The van der Waals surface area contributed by atoms with Crippen molar-refractivity contribution in [1.82, 2.24) is 15.0 Å². The Labute approximate surface area is 191 Å². The van der Waals surface area contributed by atoms with E-state index in [4.69, 9.17) is 9.40 Å². The lowest BCUT2D eigenvalue weighted by atomic mass is 10.1. The monoisotopic (exact) mass is 444 g/mol. The number of hydrazone groups is 1. The number of hydrogen-bond acceptors (Lipinski definition) is 5. The molecule has 0 bridgehead atoms. The molecule has 2 heterocycles. The van der Waals surface area contributed by atoms with Gasteiger partial charge in [0.2, 0.25) is 0 Å². The summed E-state index contributed by atoms with van der Waals surface area (Å²) in [4.78, 5) is 17.1. The second kappa shape index (κ2) is 10.2. The van der Waals surface area contributed by atoms with E-state index < -0.39 is 0 Å². The minimum Gasteiger partial charge on any atom is -0.465 e. The average Bonchev–Trinajstić information content (AvgIpc) is 3.42. The van der Waals surface area contributed by atoms with Crippen LogP contribution >= 0.6 is 11.8 Å². The Morgan fingerprint density at radius 2 is 1.97 bits per heavy atom. The first kappa shape index (κ1) is 21.6. The molecule has 0 atom stereocenters. The number of para-hydroxylation sites is 2.